The van der Waals surface area contributed by atoms with E-state index in [1.807, 2.05) is 0 Å². The summed E-state index contributed by atoms with van der Waals surface area (Å²) in [7, 11) is 3.42. The number of alkyl halides is 3. The lowest BCUT2D eigenvalue weighted by Gasteiger charge is -2.14. The van der Waals surface area contributed by atoms with E-state index >= 15 is 0 Å². The number of Topliss-reactive ketones (excluding diaryl/α,β-unsaturated/α-hetero) is 1. The standard InChI is InChI=1S/C13H12F3NO2S/c1-17(2)12-11(10(18)7-19-12)8-4-3-5-9(6-8)20-13(14,15)16/h3-6H,7H2,1-2H3. The molecule has 20 heavy (non-hydrogen) atoms. The van der Waals surface area contributed by atoms with Gasteiger partial charge in [-0.15, -0.1) is 0 Å². The van der Waals surface area contributed by atoms with E-state index in [9.17, 15) is 18.0 Å². The van der Waals surface area contributed by atoms with Gasteiger partial charge in [-0.05, 0) is 29.5 Å². The van der Waals surface area contributed by atoms with E-state index in [2.05, 4.69) is 0 Å². The van der Waals surface area contributed by atoms with Crippen LogP contribution in [0.4, 0.5) is 13.2 Å². The van der Waals surface area contributed by atoms with Crippen LogP contribution in [0.5, 0.6) is 0 Å². The number of thioether (sulfide) groups is 1. The fourth-order valence-corrected chi connectivity index (χ4v) is 2.48. The maximum Gasteiger partial charge on any atom is 0.446 e. The van der Waals surface area contributed by atoms with Crippen molar-refractivity contribution in [2.75, 3.05) is 20.7 Å². The van der Waals surface area contributed by atoms with E-state index in [0.717, 1.165) is 0 Å². The van der Waals surface area contributed by atoms with Crippen molar-refractivity contribution < 1.29 is 22.7 Å². The molecule has 0 saturated heterocycles. The zero-order valence-corrected chi connectivity index (χ0v) is 11.6. The highest BCUT2D eigenvalue weighted by Gasteiger charge is 2.31. The molecule has 0 radical (unpaired) electrons. The Morgan fingerprint density at radius 3 is 2.60 bits per heavy atom. The van der Waals surface area contributed by atoms with Gasteiger partial charge in [-0.3, -0.25) is 4.79 Å². The molecule has 0 atom stereocenters. The second-order valence-electron chi connectivity index (χ2n) is 4.36. The molecule has 0 aliphatic carbocycles. The fourth-order valence-electron chi connectivity index (χ4n) is 1.88. The first-order chi connectivity index (χ1) is 9.28. The van der Waals surface area contributed by atoms with Crippen molar-refractivity contribution in [1.82, 2.24) is 4.90 Å². The zero-order valence-electron chi connectivity index (χ0n) is 10.8. The quantitative estimate of drug-likeness (QED) is 0.802. The molecular weight excluding hydrogens is 291 g/mol. The van der Waals surface area contributed by atoms with Gasteiger partial charge < -0.3 is 9.64 Å². The highest BCUT2D eigenvalue weighted by molar-refractivity contribution is 8.00. The van der Waals surface area contributed by atoms with Crippen LogP contribution in [0.15, 0.2) is 35.0 Å². The average molecular weight is 303 g/mol. The lowest BCUT2D eigenvalue weighted by molar-refractivity contribution is -0.115. The van der Waals surface area contributed by atoms with Crippen LogP contribution in [0.2, 0.25) is 0 Å². The Balaban J connectivity index is 2.40. The summed E-state index contributed by atoms with van der Waals surface area (Å²) < 4.78 is 42.4. The number of hydrogen-bond donors (Lipinski definition) is 0. The van der Waals surface area contributed by atoms with Crippen molar-refractivity contribution >= 4 is 23.1 Å². The van der Waals surface area contributed by atoms with Crippen molar-refractivity contribution in [3.63, 3.8) is 0 Å². The van der Waals surface area contributed by atoms with Gasteiger partial charge in [-0.25, -0.2) is 0 Å². The SMILES string of the molecule is CN(C)C1=C(c2cccc(SC(F)(F)F)c2)C(=O)CO1. The summed E-state index contributed by atoms with van der Waals surface area (Å²) in [6, 6.07) is 5.81. The number of halogens is 3. The number of nitrogens with zero attached hydrogens (tertiary/aromatic N) is 1. The van der Waals surface area contributed by atoms with Gasteiger partial charge in [-0.2, -0.15) is 13.2 Å². The second kappa shape index (κ2) is 5.40. The molecule has 1 aromatic rings. The molecule has 0 aromatic heterocycles. The highest BCUT2D eigenvalue weighted by Crippen LogP contribution is 2.38. The van der Waals surface area contributed by atoms with Crippen LogP contribution >= 0.6 is 11.8 Å². The average Bonchev–Trinajstić information content (AvgIpc) is 2.69. The molecular formula is C13H12F3NO2S. The van der Waals surface area contributed by atoms with Crippen LogP contribution < -0.4 is 0 Å². The fraction of sp³-hybridized carbons (Fsp3) is 0.308. The molecule has 0 bridgehead atoms. The number of benzene rings is 1. The minimum absolute atomic E-state index is 0.0420. The molecule has 108 valence electrons. The van der Waals surface area contributed by atoms with Crippen molar-refractivity contribution in [1.29, 1.82) is 0 Å². The summed E-state index contributed by atoms with van der Waals surface area (Å²) in [5.41, 5.74) is -3.60. The minimum atomic E-state index is -4.35. The van der Waals surface area contributed by atoms with Gasteiger partial charge >= 0.3 is 5.51 Å². The van der Waals surface area contributed by atoms with Gasteiger partial charge in [0.05, 0.1) is 5.57 Å². The number of hydrogen-bond acceptors (Lipinski definition) is 4. The number of ketones is 1. The van der Waals surface area contributed by atoms with Crippen LogP contribution in [-0.4, -0.2) is 36.9 Å². The number of ether oxygens (including phenoxy) is 1. The third-order valence-corrected chi connectivity index (χ3v) is 3.32. The van der Waals surface area contributed by atoms with E-state index in [1.54, 1.807) is 25.1 Å². The van der Waals surface area contributed by atoms with Gasteiger partial charge in [-0.1, -0.05) is 12.1 Å². The van der Waals surface area contributed by atoms with Crippen LogP contribution in [0.25, 0.3) is 5.57 Å². The molecule has 1 aliphatic rings. The predicted molar refractivity (Wildman–Crippen MR) is 69.9 cm³/mol. The Kier molecular flexibility index (Phi) is 3.99. The summed E-state index contributed by atoms with van der Waals surface area (Å²) in [6.07, 6.45) is 0. The van der Waals surface area contributed by atoms with Gasteiger partial charge in [0.15, 0.2) is 6.61 Å². The Labute approximate surface area is 118 Å². The summed E-state index contributed by atoms with van der Waals surface area (Å²) in [5.74, 6) is 0.145. The molecule has 0 spiro atoms. The van der Waals surface area contributed by atoms with Crippen molar-refractivity contribution in [3.05, 3.63) is 35.7 Å². The zero-order chi connectivity index (χ0) is 14.9. The van der Waals surface area contributed by atoms with Crippen LogP contribution in [-0.2, 0) is 9.53 Å². The van der Waals surface area contributed by atoms with Crippen LogP contribution in [0, 0.1) is 0 Å². The third kappa shape index (κ3) is 3.27. The molecule has 1 heterocycles. The molecule has 0 amide bonds. The first-order valence-corrected chi connectivity index (χ1v) is 6.53. The summed E-state index contributed by atoms with van der Waals surface area (Å²) >= 11 is -0.204. The first kappa shape index (κ1) is 14.8. The molecule has 0 saturated carbocycles. The molecule has 2 rings (SSSR count). The van der Waals surface area contributed by atoms with Gasteiger partial charge in [0, 0.05) is 19.0 Å². The van der Waals surface area contributed by atoms with Crippen LogP contribution in [0.3, 0.4) is 0 Å². The largest absolute Gasteiger partial charge is 0.470 e. The molecule has 0 fully saturated rings. The number of carbonyl (C=O) groups excluding carboxylic acids is 1. The lowest BCUT2D eigenvalue weighted by Crippen LogP contribution is -2.12. The smallest absolute Gasteiger partial charge is 0.446 e. The summed E-state index contributed by atoms with van der Waals surface area (Å²) in [5, 5.41) is 0. The monoisotopic (exact) mass is 303 g/mol. The Morgan fingerprint density at radius 2 is 2.00 bits per heavy atom. The van der Waals surface area contributed by atoms with Crippen LogP contribution in [0.1, 0.15) is 5.56 Å². The number of carbonyl (C=O) groups is 1. The highest BCUT2D eigenvalue weighted by atomic mass is 32.2. The Morgan fingerprint density at radius 1 is 1.30 bits per heavy atom. The minimum Gasteiger partial charge on any atom is -0.470 e. The third-order valence-electron chi connectivity index (χ3n) is 2.60. The Bertz CT molecular complexity index is 567. The van der Waals surface area contributed by atoms with E-state index in [1.165, 1.54) is 18.2 Å². The van der Waals surface area contributed by atoms with E-state index in [0.29, 0.717) is 17.0 Å². The molecule has 3 nitrogen and oxygen atoms in total. The predicted octanol–water partition coefficient (Wildman–Crippen LogP) is 3.13. The summed E-state index contributed by atoms with van der Waals surface area (Å²) in [4.78, 5) is 13.5. The topological polar surface area (TPSA) is 29.5 Å². The van der Waals surface area contributed by atoms with Gasteiger partial charge in [0.1, 0.15) is 0 Å². The van der Waals surface area contributed by atoms with Crippen molar-refractivity contribution in [3.8, 4) is 0 Å². The normalized spacial score (nSPS) is 15.6. The lowest BCUT2D eigenvalue weighted by atomic mass is 10.0. The van der Waals surface area contributed by atoms with Crippen molar-refractivity contribution in [2.45, 2.75) is 10.4 Å². The van der Waals surface area contributed by atoms with E-state index < -0.39 is 5.51 Å². The van der Waals surface area contributed by atoms with E-state index in [-0.39, 0.29) is 29.0 Å². The molecule has 1 aromatic carbocycles. The van der Waals surface area contributed by atoms with Crippen molar-refractivity contribution in [2.24, 2.45) is 0 Å². The first-order valence-electron chi connectivity index (χ1n) is 5.72. The molecule has 7 heteroatoms. The maximum absolute atomic E-state index is 12.4. The second-order valence-corrected chi connectivity index (χ2v) is 5.50. The molecule has 0 unspecified atom stereocenters. The number of rotatable bonds is 3. The Hall–Kier alpha value is -1.63. The van der Waals surface area contributed by atoms with Gasteiger partial charge in [0.25, 0.3) is 0 Å². The summed E-state index contributed by atoms with van der Waals surface area (Å²) in [6.45, 7) is -0.0838. The molecule has 0 N–H and O–H groups in total. The van der Waals surface area contributed by atoms with E-state index in [4.69, 9.17) is 4.74 Å². The van der Waals surface area contributed by atoms with Gasteiger partial charge in [0.2, 0.25) is 11.7 Å². The maximum atomic E-state index is 12.4. The molecule has 1 aliphatic heterocycles.